The molecule has 0 amide bonds. The van der Waals surface area contributed by atoms with Crippen LogP contribution in [0.2, 0.25) is 0 Å². The van der Waals surface area contributed by atoms with Crippen molar-refractivity contribution >= 4 is 21.6 Å². The number of nitro groups is 1. The summed E-state index contributed by atoms with van der Waals surface area (Å²) in [5, 5.41) is 10.5. The Labute approximate surface area is 105 Å². The molecule has 2 N–H and O–H groups in total. The van der Waals surface area contributed by atoms with Gasteiger partial charge in [0.25, 0.3) is 5.69 Å². The predicted molar refractivity (Wildman–Crippen MR) is 62.4 cm³/mol. The molecule has 17 heavy (non-hydrogen) atoms. The van der Waals surface area contributed by atoms with Gasteiger partial charge in [-0.1, -0.05) is 0 Å². The second kappa shape index (κ2) is 4.23. The molecule has 1 aromatic carbocycles. The number of hydrogen-bond donors (Lipinski definition) is 1. The number of benzene rings is 1. The van der Waals surface area contributed by atoms with Crippen LogP contribution in [0.3, 0.4) is 0 Å². The third-order valence-corrected chi connectivity index (χ3v) is 3.18. The Hall–Kier alpha value is -1.21. The molecule has 5 nitrogen and oxygen atoms in total. The molecule has 1 fully saturated rings. The summed E-state index contributed by atoms with van der Waals surface area (Å²) in [5.41, 5.74) is 5.11. The van der Waals surface area contributed by atoms with Gasteiger partial charge in [0.05, 0.1) is 21.0 Å². The Morgan fingerprint density at radius 1 is 1.59 bits per heavy atom. The first-order chi connectivity index (χ1) is 7.91. The number of halogens is 2. The van der Waals surface area contributed by atoms with Crippen LogP contribution in [0.5, 0.6) is 5.75 Å². The van der Waals surface area contributed by atoms with Gasteiger partial charge in [0, 0.05) is 6.07 Å². The zero-order chi connectivity index (χ0) is 12.6. The van der Waals surface area contributed by atoms with Crippen LogP contribution in [0.4, 0.5) is 10.1 Å². The van der Waals surface area contributed by atoms with Crippen molar-refractivity contribution in [3.63, 3.8) is 0 Å². The Morgan fingerprint density at radius 2 is 2.24 bits per heavy atom. The van der Waals surface area contributed by atoms with Crippen molar-refractivity contribution < 1.29 is 14.1 Å². The molecular formula is C10H10BrFN2O3. The van der Waals surface area contributed by atoms with E-state index >= 15 is 0 Å². The third-order valence-electron chi connectivity index (χ3n) is 2.59. The molecule has 1 aliphatic carbocycles. The fraction of sp³-hybridized carbons (Fsp3) is 0.400. The molecule has 0 bridgehead atoms. The Morgan fingerprint density at radius 3 is 2.71 bits per heavy atom. The maximum atomic E-state index is 13.6. The van der Waals surface area contributed by atoms with E-state index in [0.29, 0.717) is 0 Å². The number of hydrogen-bond acceptors (Lipinski definition) is 4. The van der Waals surface area contributed by atoms with E-state index in [9.17, 15) is 14.5 Å². The van der Waals surface area contributed by atoms with E-state index in [0.717, 1.165) is 18.9 Å². The first kappa shape index (κ1) is 12.3. The van der Waals surface area contributed by atoms with Gasteiger partial charge in [0.15, 0.2) is 11.6 Å². The van der Waals surface area contributed by atoms with Gasteiger partial charge in [-0.3, -0.25) is 10.1 Å². The van der Waals surface area contributed by atoms with Crippen LogP contribution in [-0.4, -0.2) is 17.1 Å². The van der Waals surface area contributed by atoms with Crippen molar-refractivity contribution in [2.45, 2.75) is 18.4 Å². The number of nitrogens with two attached hydrogens (primary N) is 1. The molecule has 0 radical (unpaired) electrons. The van der Waals surface area contributed by atoms with Crippen LogP contribution in [0.1, 0.15) is 12.8 Å². The van der Waals surface area contributed by atoms with E-state index in [4.69, 9.17) is 10.5 Å². The standard InChI is InChI=1S/C10H10BrFN2O3/c11-7-3-6(14(15)16)4-8(12)9(7)17-5-10(13)1-2-10/h3-4H,1-2,5,13H2. The highest BCUT2D eigenvalue weighted by Crippen LogP contribution is 2.36. The summed E-state index contributed by atoms with van der Waals surface area (Å²) in [5.74, 6) is -0.803. The first-order valence-corrected chi connectivity index (χ1v) is 5.76. The summed E-state index contributed by atoms with van der Waals surface area (Å²) in [6.07, 6.45) is 1.69. The van der Waals surface area contributed by atoms with E-state index < -0.39 is 10.7 Å². The molecule has 0 aliphatic heterocycles. The Kier molecular flexibility index (Phi) is 3.05. The van der Waals surface area contributed by atoms with E-state index in [1.54, 1.807) is 0 Å². The second-order valence-electron chi connectivity index (χ2n) is 4.15. The van der Waals surface area contributed by atoms with Gasteiger partial charge >= 0.3 is 0 Å². The molecule has 0 atom stereocenters. The van der Waals surface area contributed by atoms with Crippen LogP contribution in [0, 0.1) is 15.9 Å². The van der Waals surface area contributed by atoms with Gasteiger partial charge in [0.2, 0.25) is 0 Å². The highest BCUT2D eigenvalue weighted by atomic mass is 79.9. The lowest BCUT2D eigenvalue weighted by molar-refractivity contribution is -0.385. The number of ether oxygens (including phenoxy) is 1. The molecule has 0 saturated heterocycles. The molecule has 0 aromatic heterocycles. The molecule has 2 rings (SSSR count). The van der Waals surface area contributed by atoms with Gasteiger partial charge in [-0.05, 0) is 28.8 Å². The van der Waals surface area contributed by atoms with Crippen molar-refractivity contribution in [3.05, 3.63) is 32.5 Å². The number of rotatable bonds is 4. The normalized spacial score (nSPS) is 16.6. The summed E-state index contributed by atoms with van der Waals surface area (Å²) < 4.78 is 19.0. The summed E-state index contributed by atoms with van der Waals surface area (Å²) in [6.45, 7) is 0.209. The molecule has 0 unspecified atom stereocenters. The first-order valence-electron chi connectivity index (χ1n) is 4.96. The lowest BCUT2D eigenvalue weighted by atomic mass is 10.3. The summed E-state index contributed by atoms with van der Waals surface area (Å²) in [6, 6.07) is 2.03. The topological polar surface area (TPSA) is 78.4 Å². The van der Waals surface area contributed by atoms with Crippen molar-refractivity contribution in [2.75, 3.05) is 6.61 Å². The molecule has 0 heterocycles. The van der Waals surface area contributed by atoms with E-state index in [-0.39, 0.29) is 28.1 Å². The second-order valence-corrected chi connectivity index (χ2v) is 5.00. The molecule has 0 spiro atoms. The fourth-order valence-electron chi connectivity index (χ4n) is 1.31. The van der Waals surface area contributed by atoms with Crippen LogP contribution < -0.4 is 10.5 Å². The van der Waals surface area contributed by atoms with E-state index in [1.807, 2.05) is 0 Å². The van der Waals surface area contributed by atoms with Crippen LogP contribution in [0.15, 0.2) is 16.6 Å². The predicted octanol–water partition coefficient (Wildman–Crippen LogP) is 2.37. The van der Waals surface area contributed by atoms with Gasteiger partial charge in [-0.15, -0.1) is 0 Å². The summed E-state index contributed by atoms with van der Waals surface area (Å²) in [7, 11) is 0. The van der Waals surface area contributed by atoms with Gasteiger partial charge in [-0.25, -0.2) is 4.39 Å². The average Bonchev–Trinajstić information content (AvgIpc) is 2.95. The SMILES string of the molecule is NC1(COc2c(F)cc([N+](=O)[O-])cc2Br)CC1. The maximum absolute atomic E-state index is 13.6. The Balaban J connectivity index is 2.19. The molecule has 7 heteroatoms. The summed E-state index contributed by atoms with van der Waals surface area (Å²) >= 11 is 3.04. The molecule has 92 valence electrons. The van der Waals surface area contributed by atoms with E-state index in [2.05, 4.69) is 15.9 Å². The minimum atomic E-state index is -0.768. The van der Waals surface area contributed by atoms with E-state index in [1.165, 1.54) is 6.07 Å². The third kappa shape index (κ3) is 2.73. The number of non-ortho nitro benzene ring substituents is 1. The molecule has 1 saturated carbocycles. The lowest BCUT2D eigenvalue weighted by Gasteiger charge is -2.12. The quantitative estimate of drug-likeness (QED) is 0.684. The van der Waals surface area contributed by atoms with Gasteiger partial charge < -0.3 is 10.5 Å². The average molecular weight is 305 g/mol. The number of nitro benzene ring substituents is 1. The van der Waals surface area contributed by atoms with Crippen molar-refractivity contribution in [2.24, 2.45) is 5.73 Å². The van der Waals surface area contributed by atoms with Crippen molar-refractivity contribution in [3.8, 4) is 5.75 Å². The molecule has 1 aromatic rings. The zero-order valence-corrected chi connectivity index (χ0v) is 10.4. The summed E-state index contributed by atoms with van der Waals surface area (Å²) in [4.78, 5) is 9.84. The Bertz CT molecular complexity index is 454. The van der Waals surface area contributed by atoms with Gasteiger partial charge in [0.1, 0.15) is 6.61 Å². The minimum absolute atomic E-state index is 0.0349. The maximum Gasteiger partial charge on any atom is 0.273 e. The van der Waals surface area contributed by atoms with Crippen molar-refractivity contribution in [1.29, 1.82) is 0 Å². The highest BCUT2D eigenvalue weighted by molar-refractivity contribution is 9.10. The molecule has 1 aliphatic rings. The molecular weight excluding hydrogens is 295 g/mol. The highest BCUT2D eigenvalue weighted by Gasteiger charge is 2.39. The smallest absolute Gasteiger partial charge is 0.273 e. The zero-order valence-electron chi connectivity index (χ0n) is 8.78. The lowest BCUT2D eigenvalue weighted by Crippen LogP contribution is -2.30. The number of nitrogens with zero attached hydrogens (tertiary/aromatic N) is 1. The van der Waals surface area contributed by atoms with Crippen LogP contribution in [-0.2, 0) is 0 Å². The fourth-order valence-corrected chi connectivity index (χ4v) is 1.85. The van der Waals surface area contributed by atoms with Crippen LogP contribution >= 0.6 is 15.9 Å². The van der Waals surface area contributed by atoms with Crippen molar-refractivity contribution in [1.82, 2.24) is 0 Å². The van der Waals surface area contributed by atoms with Gasteiger partial charge in [-0.2, -0.15) is 0 Å². The monoisotopic (exact) mass is 304 g/mol. The van der Waals surface area contributed by atoms with Crippen LogP contribution in [0.25, 0.3) is 0 Å². The minimum Gasteiger partial charge on any atom is -0.487 e. The largest absolute Gasteiger partial charge is 0.487 e.